The standard InChI is InChI=1S/C18H21BrF3NO6S2/c1-6-17(4,5)28-13(15(24)27-7-2)11-9(3)8-10-14(30-16(19)23-10)12(11)29-31(25,26)18(20,21)22/h8,13H,6-7H2,1-5H3/t13-/m0/s1. The molecule has 0 aliphatic rings. The van der Waals surface area contributed by atoms with Crippen molar-refractivity contribution < 1.29 is 40.0 Å². The summed E-state index contributed by atoms with van der Waals surface area (Å²) in [5, 5.41) is 0. The molecule has 174 valence electrons. The molecule has 0 unspecified atom stereocenters. The van der Waals surface area contributed by atoms with Crippen LogP contribution in [0.15, 0.2) is 9.98 Å². The Morgan fingerprint density at radius 1 is 1.29 bits per heavy atom. The van der Waals surface area contributed by atoms with Gasteiger partial charge in [0.15, 0.2) is 15.8 Å². The molecule has 7 nitrogen and oxygen atoms in total. The molecular formula is C18H21BrF3NO6S2. The highest BCUT2D eigenvalue weighted by Gasteiger charge is 2.50. The van der Waals surface area contributed by atoms with Crippen molar-refractivity contribution >= 4 is 53.6 Å². The number of benzene rings is 1. The molecule has 0 amide bonds. The zero-order valence-electron chi connectivity index (χ0n) is 17.3. The van der Waals surface area contributed by atoms with Gasteiger partial charge in [0, 0.05) is 5.56 Å². The lowest BCUT2D eigenvalue weighted by atomic mass is 9.99. The number of esters is 1. The first-order valence-corrected chi connectivity index (χ1v) is 12.1. The average molecular weight is 548 g/mol. The van der Waals surface area contributed by atoms with Crippen molar-refractivity contribution in [1.82, 2.24) is 4.98 Å². The molecule has 0 fully saturated rings. The van der Waals surface area contributed by atoms with E-state index in [2.05, 4.69) is 25.1 Å². The normalized spacial score (nSPS) is 14.0. The lowest BCUT2D eigenvalue weighted by molar-refractivity contribution is -0.168. The number of carbonyl (C=O) groups is 1. The number of halogens is 4. The lowest BCUT2D eigenvalue weighted by Crippen LogP contribution is -2.32. The first kappa shape index (κ1) is 25.8. The molecule has 31 heavy (non-hydrogen) atoms. The van der Waals surface area contributed by atoms with Crippen molar-refractivity contribution in [3.63, 3.8) is 0 Å². The van der Waals surface area contributed by atoms with Gasteiger partial charge in [-0.1, -0.05) is 6.92 Å². The van der Waals surface area contributed by atoms with E-state index in [4.69, 9.17) is 9.47 Å². The Morgan fingerprint density at radius 3 is 2.42 bits per heavy atom. The summed E-state index contributed by atoms with van der Waals surface area (Å²) < 4.78 is 78.9. The third kappa shape index (κ3) is 5.68. The number of aryl methyl sites for hydroxylation is 1. The maximum Gasteiger partial charge on any atom is 0.534 e. The van der Waals surface area contributed by atoms with E-state index in [1.165, 1.54) is 13.0 Å². The maximum atomic E-state index is 13.1. The summed E-state index contributed by atoms with van der Waals surface area (Å²) in [7, 11) is -6.04. The molecule has 0 aliphatic heterocycles. The molecular weight excluding hydrogens is 527 g/mol. The highest BCUT2D eigenvalue weighted by Crippen LogP contribution is 2.45. The molecule has 0 spiro atoms. The van der Waals surface area contributed by atoms with Crippen LogP contribution in [0.1, 0.15) is 51.3 Å². The monoisotopic (exact) mass is 547 g/mol. The third-order valence-electron chi connectivity index (χ3n) is 4.38. The molecule has 0 saturated carbocycles. The van der Waals surface area contributed by atoms with Gasteiger partial charge in [0.1, 0.15) is 0 Å². The molecule has 2 rings (SSSR count). The molecule has 1 aromatic carbocycles. The van der Waals surface area contributed by atoms with E-state index in [1.807, 2.05) is 0 Å². The number of ether oxygens (including phenoxy) is 2. The topological polar surface area (TPSA) is 91.8 Å². The number of carbonyl (C=O) groups excluding carboxylic acids is 1. The van der Waals surface area contributed by atoms with Crippen LogP contribution in [0.3, 0.4) is 0 Å². The van der Waals surface area contributed by atoms with Crippen LogP contribution in [0.2, 0.25) is 0 Å². The Hall–Kier alpha value is -1.44. The number of hydrogen-bond acceptors (Lipinski definition) is 8. The Bertz CT molecular complexity index is 1080. The van der Waals surface area contributed by atoms with Gasteiger partial charge in [0.25, 0.3) is 0 Å². The van der Waals surface area contributed by atoms with E-state index in [-0.39, 0.29) is 31.9 Å². The molecule has 2 aromatic rings. The van der Waals surface area contributed by atoms with E-state index in [0.29, 0.717) is 6.42 Å². The van der Waals surface area contributed by atoms with E-state index in [0.717, 1.165) is 11.3 Å². The van der Waals surface area contributed by atoms with Crippen LogP contribution >= 0.6 is 27.3 Å². The quantitative estimate of drug-likeness (QED) is 0.248. The Morgan fingerprint density at radius 2 is 1.90 bits per heavy atom. The van der Waals surface area contributed by atoms with Gasteiger partial charge in [-0.2, -0.15) is 21.6 Å². The summed E-state index contributed by atoms with van der Waals surface area (Å²) in [5.74, 6) is -1.55. The molecule has 0 N–H and O–H groups in total. The first-order chi connectivity index (χ1) is 14.1. The lowest BCUT2D eigenvalue weighted by Gasteiger charge is -2.30. The van der Waals surface area contributed by atoms with Crippen LogP contribution in [-0.4, -0.2) is 37.1 Å². The fraction of sp³-hybridized carbons (Fsp3) is 0.556. The minimum Gasteiger partial charge on any atom is -0.464 e. The predicted molar refractivity (Wildman–Crippen MR) is 112 cm³/mol. The molecule has 1 atom stereocenters. The van der Waals surface area contributed by atoms with Gasteiger partial charge in [-0.15, -0.1) is 11.3 Å². The number of rotatable bonds is 8. The van der Waals surface area contributed by atoms with Crippen LogP contribution in [0.25, 0.3) is 10.2 Å². The van der Waals surface area contributed by atoms with Gasteiger partial charge in [-0.05, 0) is 61.7 Å². The van der Waals surface area contributed by atoms with Gasteiger partial charge < -0.3 is 13.7 Å². The fourth-order valence-electron chi connectivity index (χ4n) is 2.56. The van der Waals surface area contributed by atoms with Gasteiger partial charge >= 0.3 is 21.6 Å². The molecule has 0 radical (unpaired) electrons. The largest absolute Gasteiger partial charge is 0.534 e. The van der Waals surface area contributed by atoms with Crippen LogP contribution in [0.5, 0.6) is 5.75 Å². The van der Waals surface area contributed by atoms with E-state index in [9.17, 15) is 26.4 Å². The van der Waals surface area contributed by atoms with Crippen molar-refractivity contribution in [2.45, 2.75) is 58.3 Å². The summed E-state index contributed by atoms with van der Waals surface area (Å²) in [6.07, 6.45) is -1.08. The van der Waals surface area contributed by atoms with E-state index in [1.54, 1.807) is 27.7 Å². The molecule has 0 saturated heterocycles. The number of thiazole rings is 1. The molecule has 1 heterocycles. The smallest absolute Gasteiger partial charge is 0.464 e. The molecule has 13 heteroatoms. The van der Waals surface area contributed by atoms with Crippen LogP contribution < -0.4 is 4.18 Å². The highest BCUT2D eigenvalue weighted by atomic mass is 79.9. The summed E-state index contributed by atoms with van der Waals surface area (Å²) in [4.78, 5) is 16.9. The predicted octanol–water partition coefficient (Wildman–Crippen LogP) is 5.41. The first-order valence-electron chi connectivity index (χ1n) is 9.08. The summed E-state index contributed by atoms with van der Waals surface area (Å²) in [6.45, 7) is 8.19. The minimum absolute atomic E-state index is 0.00695. The number of aromatic nitrogens is 1. The zero-order chi connectivity index (χ0) is 23.8. The fourth-order valence-corrected chi connectivity index (χ4v) is 4.54. The SMILES string of the molecule is CCOC(=O)[C@@H](OC(C)(C)CC)c1c(C)cc2nc(Br)sc2c1OS(=O)(=O)C(F)(F)F. The third-order valence-corrected chi connectivity index (χ3v) is 6.86. The van der Waals surface area contributed by atoms with Crippen molar-refractivity contribution in [2.24, 2.45) is 0 Å². The van der Waals surface area contributed by atoms with Gasteiger partial charge in [0.2, 0.25) is 0 Å². The number of fused-ring (bicyclic) bond motifs is 1. The number of hydrogen-bond donors (Lipinski definition) is 0. The molecule has 0 aliphatic carbocycles. The van der Waals surface area contributed by atoms with Gasteiger partial charge in [0.05, 0.1) is 22.4 Å². The zero-order valence-corrected chi connectivity index (χ0v) is 20.5. The Kier molecular flexibility index (Phi) is 7.66. The van der Waals surface area contributed by atoms with Crippen LogP contribution in [0, 0.1) is 6.92 Å². The van der Waals surface area contributed by atoms with Crippen LogP contribution in [0.4, 0.5) is 13.2 Å². The average Bonchev–Trinajstić information content (AvgIpc) is 2.99. The van der Waals surface area contributed by atoms with E-state index < -0.39 is 39.1 Å². The Balaban J connectivity index is 2.84. The van der Waals surface area contributed by atoms with Crippen molar-refractivity contribution in [2.75, 3.05) is 6.61 Å². The summed E-state index contributed by atoms with van der Waals surface area (Å²) in [5.41, 5.74) is -6.28. The number of alkyl halides is 3. The second kappa shape index (κ2) is 9.20. The highest BCUT2D eigenvalue weighted by molar-refractivity contribution is 9.11. The summed E-state index contributed by atoms with van der Waals surface area (Å²) in [6, 6.07) is 1.51. The van der Waals surface area contributed by atoms with Gasteiger partial charge in [-0.25, -0.2) is 9.78 Å². The van der Waals surface area contributed by atoms with Crippen molar-refractivity contribution in [3.05, 3.63) is 21.1 Å². The Labute approximate surface area is 190 Å². The van der Waals surface area contributed by atoms with Crippen molar-refractivity contribution in [3.8, 4) is 5.75 Å². The molecule has 1 aromatic heterocycles. The summed E-state index contributed by atoms with van der Waals surface area (Å²) >= 11 is 4.00. The maximum absolute atomic E-state index is 13.1. The minimum atomic E-state index is -6.04. The van der Waals surface area contributed by atoms with E-state index >= 15 is 0 Å². The van der Waals surface area contributed by atoms with Gasteiger partial charge in [-0.3, -0.25) is 0 Å². The second-order valence-electron chi connectivity index (χ2n) is 7.10. The second-order valence-corrected chi connectivity index (χ2v) is 10.9. The van der Waals surface area contributed by atoms with Crippen LogP contribution in [-0.2, 0) is 24.4 Å². The van der Waals surface area contributed by atoms with Crippen molar-refractivity contribution in [1.29, 1.82) is 0 Å². The number of nitrogens with zero attached hydrogens (tertiary/aromatic N) is 1. The molecule has 0 bridgehead atoms.